The van der Waals surface area contributed by atoms with Crippen molar-refractivity contribution in [1.82, 2.24) is 20.2 Å². The van der Waals surface area contributed by atoms with Crippen molar-refractivity contribution >= 4 is 33.6 Å². The summed E-state index contributed by atoms with van der Waals surface area (Å²) in [5.74, 6) is -0.164. The molecule has 1 aliphatic rings. The molecule has 0 aliphatic carbocycles. The fraction of sp³-hybridized carbons (Fsp3) is 0.190. The smallest absolute Gasteiger partial charge is 0.355 e. The highest BCUT2D eigenvalue weighted by molar-refractivity contribution is 9.10. The van der Waals surface area contributed by atoms with Gasteiger partial charge in [0.15, 0.2) is 5.78 Å². The highest BCUT2D eigenvalue weighted by Gasteiger charge is 2.38. The van der Waals surface area contributed by atoms with Gasteiger partial charge in [0.1, 0.15) is 17.5 Å². The predicted octanol–water partition coefficient (Wildman–Crippen LogP) is 3.16. The van der Waals surface area contributed by atoms with Crippen LogP contribution in [0.1, 0.15) is 28.9 Å². The SMILES string of the molecule is CCOc1ccc(C(=O)C2=C(C(=O)OC)Nc3nnnn3[C@@H]2c2ccc(Br)cc2)cc1. The number of nitrogens with one attached hydrogen (secondary N) is 1. The van der Waals surface area contributed by atoms with Crippen molar-refractivity contribution in [3.63, 3.8) is 0 Å². The highest BCUT2D eigenvalue weighted by Crippen LogP contribution is 2.37. The lowest BCUT2D eigenvalue weighted by atomic mass is 9.89. The first kappa shape index (κ1) is 20.7. The maximum atomic E-state index is 13.6. The lowest BCUT2D eigenvalue weighted by molar-refractivity contribution is -0.136. The maximum absolute atomic E-state index is 13.6. The van der Waals surface area contributed by atoms with Crippen LogP contribution in [-0.2, 0) is 9.53 Å². The van der Waals surface area contributed by atoms with Gasteiger partial charge in [-0.05, 0) is 59.3 Å². The Bertz CT molecular complexity index is 1160. The molecular formula is C21H18BrN5O4. The zero-order valence-electron chi connectivity index (χ0n) is 16.7. The van der Waals surface area contributed by atoms with Crippen molar-refractivity contribution in [2.75, 3.05) is 19.0 Å². The molecule has 1 N–H and O–H groups in total. The van der Waals surface area contributed by atoms with Crippen molar-refractivity contribution < 1.29 is 19.1 Å². The molecule has 2 aromatic carbocycles. The summed E-state index contributed by atoms with van der Waals surface area (Å²) in [4.78, 5) is 26.3. The number of fused-ring (bicyclic) bond motifs is 1. The topological polar surface area (TPSA) is 108 Å². The van der Waals surface area contributed by atoms with Crippen LogP contribution in [0.2, 0.25) is 0 Å². The van der Waals surface area contributed by atoms with Gasteiger partial charge in [0.25, 0.3) is 0 Å². The quantitative estimate of drug-likeness (QED) is 0.420. The van der Waals surface area contributed by atoms with E-state index < -0.39 is 12.0 Å². The standard InChI is InChI=1S/C21H18BrN5O4/c1-3-31-15-10-6-13(7-11-15)19(28)16-17(20(29)30-2)23-21-24-25-26-27(21)18(16)12-4-8-14(22)9-5-12/h4-11,18H,3H2,1-2H3,(H,23,24,26)/t18-/m1/s1. The molecule has 158 valence electrons. The first-order chi connectivity index (χ1) is 15.0. The van der Waals surface area contributed by atoms with Crippen LogP contribution in [0.3, 0.4) is 0 Å². The molecule has 0 saturated heterocycles. The number of hydrogen-bond donors (Lipinski definition) is 1. The van der Waals surface area contributed by atoms with Crippen LogP contribution < -0.4 is 10.1 Å². The molecule has 0 amide bonds. The molecule has 3 aromatic rings. The average molecular weight is 484 g/mol. The zero-order chi connectivity index (χ0) is 22.0. The molecule has 10 heteroatoms. The van der Waals surface area contributed by atoms with Crippen LogP contribution in [0.25, 0.3) is 0 Å². The molecular weight excluding hydrogens is 466 g/mol. The molecule has 1 aromatic heterocycles. The first-order valence-corrected chi connectivity index (χ1v) is 10.2. The summed E-state index contributed by atoms with van der Waals surface area (Å²) in [6.07, 6.45) is 0. The van der Waals surface area contributed by atoms with E-state index in [4.69, 9.17) is 9.47 Å². The van der Waals surface area contributed by atoms with Gasteiger partial charge >= 0.3 is 5.97 Å². The van der Waals surface area contributed by atoms with Gasteiger partial charge in [-0.15, -0.1) is 0 Å². The van der Waals surface area contributed by atoms with Crippen LogP contribution in [0, 0.1) is 0 Å². The second-order valence-electron chi connectivity index (χ2n) is 6.59. The van der Waals surface area contributed by atoms with E-state index in [0.29, 0.717) is 17.9 Å². The number of ether oxygens (including phenoxy) is 2. The number of carbonyl (C=O) groups is 2. The van der Waals surface area contributed by atoms with Gasteiger partial charge in [0, 0.05) is 10.0 Å². The second-order valence-corrected chi connectivity index (χ2v) is 7.51. The number of rotatable bonds is 6. The van der Waals surface area contributed by atoms with Gasteiger partial charge in [0.05, 0.1) is 19.3 Å². The molecule has 4 rings (SSSR count). The number of nitrogens with zero attached hydrogens (tertiary/aromatic N) is 4. The number of benzene rings is 2. The van der Waals surface area contributed by atoms with Gasteiger partial charge in [-0.1, -0.05) is 33.2 Å². The second kappa shape index (κ2) is 8.68. The third-order valence-electron chi connectivity index (χ3n) is 4.76. The van der Waals surface area contributed by atoms with Crippen LogP contribution in [0.4, 0.5) is 5.95 Å². The Morgan fingerprint density at radius 1 is 1.13 bits per heavy atom. The summed E-state index contributed by atoms with van der Waals surface area (Å²) in [6, 6.07) is 13.4. The maximum Gasteiger partial charge on any atom is 0.355 e. The van der Waals surface area contributed by atoms with Crippen LogP contribution in [0.15, 0.2) is 64.3 Å². The molecule has 0 fully saturated rings. The van der Waals surface area contributed by atoms with Crippen molar-refractivity contribution in [3.05, 3.63) is 75.4 Å². The van der Waals surface area contributed by atoms with E-state index in [1.165, 1.54) is 11.8 Å². The Balaban J connectivity index is 1.87. The normalized spacial score (nSPS) is 15.1. The molecule has 1 atom stereocenters. The fourth-order valence-corrected chi connectivity index (χ4v) is 3.63. The van der Waals surface area contributed by atoms with Gasteiger partial charge in [0.2, 0.25) is 5.95 Å². The summed E-state index contributed by atoms with van der Waals surface area (Å²) in [5.41, 5.74) is 1.30. The summed E-state index contributed by atoms with van der Waals surface area (Å²) >= 11 is 3.42. The van der Waals surface area contributed by atoms with Gasteiger partial charge in [-0.2, -0.15) is 4.68 Å². The minimum Gasteiger partial charge on any atom is -0.494 e. The minimum atomic E-state index is -0.729. The number of allylic oxidation sites excluding steroid dienone is 1. The Labute approximate surface area is 186 Å². The lowest BCUT2D eigenvalue weighted by Gasteiger charge is -2.28. The number of methoxy groups -OCH3 is 1. The molecule has 31 heavy (non-hydrogen) atoms. The highest BCUT2D eigenvalue weighted by atomic mass is 79.9. The van der Waals surface area contributed by atoms with E-state index in [9.17, 15) is 9.59 Å². The van der Waals surface area contributed by atoms with Crippen LogP contribution in [-0.4, -0.2) is 45.7 Å². The van der Waals surface area contributed by atoms with Crippen LogP contribution in [0.5, 0.6) is 5.75 Å². The van der Waals surface area contributed by atoms with E-state index in [1.54, 1.807) is 24.3 Å². The molecule has 0 spiro atoms. The van der Waals surface area contributed by atoms with Crippen LogP contribution >= 0.6 is 15.9 Å². The van der Waals surface area contributed by atoms with Crippen molar-refractivity contribution in [2.24, 2.45) is 0 Å². The number of esters is 1. The predicted molar refractivity (Wildman–Crippen MR) is 115 cm³/mol. The number of ketones is 1. The van der Waals surface area contributed by atoms with Crippen molar-refractivity contribution in [3.8, 4) is 5.75 Å². The monoisotopic (exact) mass is 483 g/mol. The van der Waals surface area contributed by atoms with Gasteiger partial charge in [-0.25, -0.2) is 4.79 Å². The molecule has 2 heterocycles. The van der Waals surface area contributed by atoms with E-state index in [1.807, 2.05) is 31.2 Å². The van der Waals surface area contributed by atoms with Crippen molar-refractivity contribution in [1.29, 1.82) is 0 Å². The summed E-state index contributed by atoms with van der Waals surface area (Å²) in [6.45, 7) is 2.40. The summed E-state index contributed by atoms with van der Waals surface area (Å²) < 4.78 is 12.7. The van der Waals surface area contributed by atoms with E-state index in [-0.39, 0.29) is 23.0 Å². The number of tetrazole rings is 1. The largest absolute Gasteiger partial charge is 0.494 e. The third-order valence-corrected chi connectivity index (χ3v) is 5.29. The number of anilines is 1. The zero-order valence-corrected chi connectivity index (χ0v) is 18.3. The van der Waals surface area contributed by atoms with Crippen molar-refractivity contribution in [2.45, 2.75) is 13.0 Å². The Morgan fingerprint density at radius 2 is 1.84 bits per heavy atom. The first-order valence-electron chi connectivity index (χ1n) is 9.44. The lowest BCUT2D eigenvalue weighted by Crippen LogP contribution is -2.32. The van der Waals surface area contributed by atoms with E-state index in [2.05, 4.69) is 36.8 Å². The van der Waals surface area contributed by atoms with E-state index in [0.717, 1.165) is 10.0 Å². The number of carbonyl (C=O) groups excluding carboxylic acids is 2. The van der Waals surface area contributed by atoms with E-state index >= 15 is 0 Å². The number of Topliss-reactive ketones (excluding diaryl/α,β-unsaturated/α-hetero) is 1. The Kier molecular flexibility index (Phi) is 5.81. The average Bonchev–Trinajstić information content (AvgIpc) is 3.26. The fourth-order valence-electron chi connectivity index (χ4n) is 3.37. The molecule has 9 nitrogen and oxygen atoms in total. The van der Waals surface area contributed by atoms with Gasteiger partial charge < -0.3 is 14.8 Å². The molecule has 0 bridgehead atoms. The Morgan fingerprint density at radius 3 is 2.48 bits per heavy atom. The number of hydrogen-bond acceptors (Lipinski definition) is 8. The summed E-state index contributed by atoms with van der Waals surface area (Å²) in [5, 5.41) is 14.5. The molecule has 0 radical (unpaired) electrons. The number of halogens is 1. The molecule has 0 unspecified atom stereocenters. The summed E-state index contributed by atoms with van der Waals surface area (Å²) in [7, 11) is 1.25. The minimum absolute atomic E-state index is 0.00314. The third kappa shape index (κ3) is 3.93. The van der Waals surface area contributed by atoms with Gasteiger partial charge in [-0.3, -0.25) is 4.79 Å². The molecule has 1 aliphatic heterocycles. The Hall–Kier alpha value is -3.53. The number of aromatic nitrogens is 4. The molecule has 0 saturated carbocycles.